The van der Waals surface area contributed by atoms with Crippen LogP contribution in [0.5, 0.6) is 11.5 Å². The van der Waals surface area contributed by atoms with Crippen molar-refractivity contribution in [3.05, 3.63) is 46.3 Å². The van der Waals surface area contributed by atoms with Crippen LogP contribution in [0.1, 0.15) is 38.7 Å². The summed E-state index contributed by atoms with van der Waals surface area (Å²) in [6.07, 6.45) is 0.428. The van der Waals surface area contributed by atoms with Gasteiger partial charge in [-0.1, -0.05) is 13.0 Å². The summed E-state index contributed by atoms with van der Waals surface area (Å²) in [5.41, 5.74) is 2.31. The second kappa shape index (κ2) is 10.7. The van der Waals surface area contributed by atoms with Gasteiger partial charge in [-0.25, -0.2) is 4.79 Å². The number of hydrogen-bond donors (Lipinski definition) is 2. The van der Waals surface area contributed by atoms with Crippen LogP contribution in [0.2, 0.25) is 0 Å². The maximum absolute atomic E-state index is 13.7. The quantitative estimate of drug-likeness (QED) is 0.333. The standard InChI is InChI=1S/C25H31NO8/c1-6-33-18-12-15(7-8-17(18)27)21-20(25(30)34-10-9-31-4)14(3)26-16-11-13(2)19(24(29)32-5)23(28)22(16)21/h7-8,12-13,19,21,26-27H,6,9-11H2,1-5H3/t13-,19+,21-/m0/s1. The molecule has 1 aliphatic carbocycles. The van der Waals surface area contributed by atoms with Crippen LogP contribution >= 0.6 is 0 Å². The zero-order valence-electron chi connectivity index (χ0n) is 20.1. The van der Waals surface area contributed by atoms with E-state index in [1.807, 2.05) is 6.92 Å². The van der Waals surface area contributed by atoms with Crippen molar-refractivity contribution >= 4 is 17.7 Å². The molecule has 1 aromatic rings. The highest BCUT2D eigenvalue weighted by molar-refractivity contribution is 6.12. The number of rotatable bonds is 8. The number of Topliss-reactive ketones (excluding diaryl/α,β-unsaturated/α-hetero) is 1. The molecule has 1 heterocycles. The predicted molar refractivity (Wildman–Crippen MR) is 122 cm³/mol. The molecule has 184 valence electrons. The van der Waals surface area contributed by atoms with E-state index in [1.54, 1.807) is 26.0 Å². The third-order valence-corrected chi connectivity index (χ3v) is 6.10. The summed E-state index contributed by atoms with van der Waals surface area (Å²) in [6, 6.07) is 4.69. The molecular formula is C25H31NO8. The number of phenolic OH excluding ortho intramolecular Hbond substituents is 1. The molecule has 0 saturated carbocycles. The maximum atomic E-state index is 13.7. The topological polar surface area (TPSA) is 120 Å². The highest BCUT2D eigenvalue weighted by Gasteiger charge is 2.47. The summed E-state index contributed by atoms with van der Waals surface area (Å²) in [7, 11) is 2.75. The van der Waals surface area contributed by atoms with Gasteiger partial charge in [0, 0.05) is 30.0 Å². The van der Waals surface area contributed by atoms with Gasteiger partial charge in [-0.05, 0) is 43.9 Å². The summed E-state index contributed by atoms with van der Waals surface area (Å²) < 4.78 is 20.8. The molecule has 0 bridgehead atoms. The summed E-state index contributed by atoms with van der Waals surface area (Å²) in [6.45, 7) is 5.93. The lowest BCUT2D eigenvalue weighted by molar-refractivity contribution is -0.151. The number of carbonyl (C=O) groups is 3. The Kier molecular flexibility index (Phi) is 7.98. The normalized spacial score (nSPS) is 22.1. The average molecular weight is 474 g/mol. The minimum absolute atomic E-state index is 0.0419. The Hall–Kier alpha value is -3.33. The van der Waals surface area contributed by atoms with Gasteiger partial charge in [0.05, 0.1) is 25.9 Å². The number of esters is 2. The number of aromatic hydroxyl groups is 1. The molecule has 0 spiro atoms. The Morgan fingerprint density at radius 1 is 1.21 bits per heavy atom. The summed E-state index contributed by atoms with van der Waals surface area (Å²) >= 11 is 0. The molecule has 0 radical (unpaired) electrons. The first-order valence-electron chi connectivity index (χ1n) is 11.2. The van der Waals surface area contributed by atoms with Crippen molar-refractivity contribution in [2.24, 2.45) is 11.8 Å². The molecule has 2 N–H and O–H groups in total. The molecule has 3 atom stereocenters. The maximum Gasteiger partial charge on any atom is 0.336 e. The van der Waals surface area contributed by atoms with Crippen molar-refractivity contribution in [2.75, 3.05) is 34.0 Å². The van der Waals surface area contributed by atoms with Gasteiger partial charge in [0.1, 0.15) is 12.5 Å². The van der Waals surface area contributed by atoms with Gasteiger partial charge < -0.3 is 29.4 Å². The van der Waals surface area contributed by atoms with E-state index < -0.39 is 29.6 Å². The smallest absolute Gasteiger partial charge is 0.336 e. The van der Waals surface area contributed by atoms with Crippen molar-refractivity contribution in [3.8, 4) is 11.5 Å². The number of ketones is 1. The molecule has 9 nitrogen and oxygen atoms in total. The first-order valence-corrected chi connectivity index (χ1v) is 11.2. The molecule has 34 heavy (non-hydrogen) atoms. The van der Waals surface area contributed by atoms with Crippen LogP contribution in [0.4, 0.5) is 0 Å². The molecule has 2 aliphatic rings. The number of carbonyl (C=O) groups excluding carboxylic acids is 3. The molecule has 3 rings (SSSR count). The van der Waals surface area contributed by atoms with E-state index in [1.165, 1.54) is 20.3 Å². The fourth-order valence-electron chi connectivity index (χ4n) is 4.56. The van der Waals surface area contributed by atoms with Gasteiger partial charge >= 0.3 is 11.9 Å². The predicted octanol–water partition coefficient (Wildman–Crippen LogP) is 2.59. The summed E-state index contributed by atoms with van der Waals surface area (Å²) in [5.74, 6) is -3.54. The van der Waals surface area contributed by atoms with Gasteiger partial charge in [-0.3, -0.25) is 9.59 Å². The second-order valence-corrected chi connectivity index (χ2v) is 8.32. The van der Waals surface area contributed by atoms with Crippen LogP contribution in [-0.4, -0.2) is 56.9 Å². The van der Waals surface area contributed by atoms with Crippen LogP contribution in [-0.2, 0) is 28.6 Å². The first kappa shape index (κ1) is 25.3. The number of hydrogen-bond acceptors (Lipinski definition) is 9. The van der Waals surface area contributed by atoms with E-state index in [0.717, 1.165) is 0 Å². The summed E-state index contributed by atoms with van der Waals surface area (Å²) in [4.78, 5) is 39.4. The molecule has 1 aliphatic heterocycles. The molecule has 0 amide bonds. The molecule has 0 unspecified atom stereocenters. The van der Waals surface area contributed by atoms with Crippen molar-refractivity contribution in [1.82, 2.24) is 5.32 Å². The van der Waals surface area contributed by atoms with Gasteiger partial charge in [0.2, 0.25) is 0 Å². The zero-order chi connectivity index (χ0) is 25.0. The number of methoxy groups -OCH3 is 2. The molecule has 1 aromatic carbocycles. The minimum atomic E-state index is -0.985. The number of nitrogens with one attached hydrogen (secondary N) is 1. The van der Waals surface area contributed by atoms with Gasteiger partial charge in [0.15, 0.2) is 17.3 Å². The average Bonchev–Trinajstić information content (AvgIpc) is 2.79. The minimum Gasteiger partial charge on any atom is -0.504 e. The van der Waals surface area contributed by atoms with Gasteiger partial charge in [-0.2, -0.15) is 0 Å². The summed E-state index contributed by atoms with van der Waals surface area (Å²) in [5, 5.41) is 13.4. The van der Waals surface area contributed by atoms with E-state index in [-0.39, 0.29) is 36.2 Å². The van der Waals surface area contributed by atoms with Crippen LogP contribution in [0.25, 0.3) is 0 Å². The van der Waals surface area contributed by atoms with Crippen LogP contribution in [0, 0.1) is 11.8 Å². The molecule has 9 heteroatoms. The zero-order valence-corrected chi connectivity index (χ0v) is 20.1. The molecule has 0 fully saturated rings. The third-order valence-electron chi connectivity index (χ3n) is 6.10. The van der Waals surface area contributed by atoms with Crippen LogP contribution in [0.3, 0.4) is 0 Å². The number of dihydropyridines is 1. The van der Waals surface area contributed by atoms with Gasteiger partial charge in [0.25, 0.3) is 0 Å². The van der Waals surface area contributed by atoms with Crippen molar-refractivity contribution in [2.45, 2.75) is 33.1 Å². The van der Waals surface area contributed by atoms with Crippen LogP contribution < -0.4 is 10.1 Å². The largest absolute Gasteiger partial charge is 0.504 e. The lowest BCUT2D eigenvalue weighted by Gasteiger charge is -2.38. The number of ether oxygens (including phenoxy) is 4. The Morgan fingerprint density at radius 3 is 2.59 bits per heavy atom. The van der Waals surface area contributed by atoms with E-state index in [4.69, 9.17) is 18.9 Å². The van der Waals surface area contributed by atoms with Crippen LogP contribution in [0.15, 0.2) is 40.7 Å². The Morgan fingerprint density at radius 2 is 1.94 bits per heavy atom. The fourth-order valence-corrected chi connectivity index (χ4v) is 4.56. The van der Waals surface area contributed by atoms with Crippen molar-refractivity contribution < 1.29 is 38.4 Å². The SMILES string of the molecule is CCOc1cc([C@H]2C(C(=O)OCCOC)=C(C)NC3=C2C(=O)[C@H](C(=O)OC)[C@@H](C)C3)ccc1O. The monoisotopic (exact) mass is 473 g/mol. The Balaban J connectivity index is 2.16. The molecular weight excluding hydrogens is 442 g/mol. The van der Waals surface area contributed by atoms with E-state index in [2.05, 4.69) is 5.32 Å². The highest BCUT2D eigenvalue weighted by atomic mass is 16.6. The van der Waals surface area contributed by atoms with E-state index in [9.17, 15) is 19.5 Å². The van der Waals surface area contributed by atoms with Crippen molar-refractivity contribution in [3.63, 3.8) is 0 Å². The third kappa shape index (κ3) is 4.79. The molecule has 0 saturated heterocycles. The number of phenols is 1. The lowest BCUT2D eigenvalue weighted by Crippen LogP contribution is -2.43. The molecule has 0 aromatic heterocycles. The number of benzene rings is 1. The Labute approximate surface area is 198 Å². The fraction of sp³-hybridized carbons (Fsp3) is 0.480. The second-order valence-electron chi connectivity index (χ2n) is 8.32. The van der Waals surface area contributed by atoms with Crippen molar-refractivity contribution in [1.29, 1.82) is 0 Å². The van der Waals surface area contributed by atoms with Gasteiger partial charge in [-0.15, -0.1) is 0 Å². The van der Waals surface area contributed by atoms with E-state index >= 15 is 0 Å². The van der Waals surface area contributed by atoms with E-state index in [0.29, 0.717) is 35.6 Å². The number of allylic oxidation sites excluding steroid dienone is 3. The first-order chi connectivity index (χ1) is 16.2. The Bertz CT molecular complexity index is 1040. The highest BCUT2D eigenvalue weighted by Crippen LogP contribution is 2.46. The lowest BCUT2D eigenvalue weighted by atomic mass is 9.69.